The van der Waals surface area contributed by atoms with Gasteiger partial charge in [0.15, 0.2) is 6.29 Å². The molecular formula is C8H5BrClFO. The average molecular weight is 251 g/mol. The quantitative estimate of drug-likeness (QED) is 0.552. The van der Waals surface area contributed by atoms with Gasteiger partial charge < -0.3 is 0 Å². The standard InChI is InChI=1S/C8H5BrClFO/c1-4-7(10)6(9)2-5(3-12)8(4)11/h2-3H,1H3. The molecule has 1 rings (SSSR count). The maximum absolute atomic E-state index is 13.1. The van der Waals surface area contributed by atoms with Crippen molar-refractivity contribution in [1.29, 1.82) is 0 Å². The maximum Gasteiger partial charge on any atom is 0.153 e. The molecule has 0 aliphatic heterocycles. The Morgan fingerprint density at radius 2 is 2.25 bits per heavy atom. The van der Waals surface area contributed by atoms with Crippen molar-refractivity contribution in [3.05, 3.63) is 32.5 Å². The molecule has 1 aromatic rings. The van der Waals surface area contributed by atoms with Gasteiger partial charge in [-0.15, -0.1) is 0 Å². The van der Waals surface area contributed by atoms with Gasteiger partial charge in [-0.25, -0.2) is 4.39 Å². The van der Waals surface area contributed by atoms with E-state index < -0.39 is 5.82 Å². The van der Waals surface area contributed by atoms with Crippen LogP contribution in [0.3, 0.4) is 0 Å². The van der Waals surface area contributed by atoms with Crippen LogP contribution in [0.15, 0.2) is 10.5 Å². The fourth-order valence-electron chi connectivity index (χ4n) is 0.841. The third kappa shape index (κ3) is 1.52. The molecule has 0 spiro atoms. The second-order valence-corrected chi connectivity index (χ2v) is 3.55. The van der Waals surface area contributed by atoms with E-state index in [0.717, 1.165) is 0 Å². The number of carbonyl (C=O) groups excluding carboxylic acids is 1. The number of hydrogen-bond acceptors (Lipinski definition) is 1. The molecule has 0 aliphatic carbocycles. The van der Waals surface area contributed by atoms with Crippen LogP contribution in [0.5, 0.6) is 0 Å². The van der Waals surface area contributed by atoms with Gasteiger partial charge in [0.05, 0.1) is 10.6 Å². The minimum absolute atomic E-state index is 0.0174. The largest absolute Gasteiger partial charge is 0.298 e. The van der Waals surface area contributed by atoms with Crippen LogP contribution in [-0.4, -0.2) is 6.29 Å². The van der Waals surface area contributed by atoms with Crippen LogP contribution in [0.1, 0.15) is 15.9 Å². The van der Waals surface area contributed by atoms with E-state index >= 15 is 0 Å². The molecule has 0 radical (unpaired) electrons. The smallest absolute Gasteiger partial charge is 0.153 e. The van der Waals surface area contributed by atoms with Crippen molar-refractivity contribution in [3.8, 4) is 0 Å². The molecule has 0 N–H and O–H groups in total. The van der Waals surface area contributed by atoms with Crippen molar-refractivity contribution >= 4 is 33.8 Å². The molecule has 1 nitrogen and oxygen atoms in total. The minimum atomic E-state index is -0.557. The predicted molar refractivity (Wildman–Crippen MR) is 49.2 cm³/mol. The van der Waals surface area contributed by atoms with E-state index in [1.807, 2.05) is 0 Å². The van der Waals surface area contributed by atoms with Crippen LogP contribution >= 0.6 is 27.5 Å². The van der Waals surface area contributed by atoms with Gasteiger partial charge in [-0.2, -0.15) is 0 Å². The molecule has 0 bridgehead atoms. The molecule has 0 aliphatic rings. The van der Waals surface area contributed by atoms with Gasteiger partial charge >= 0.3 is 0 Å². The van der Waals surface area contributed by atoms with Crippen LogP contribution in [0, 0.1) is 12.7 Å². The lowest BCUT2D eigenvalue weighted by molar-refractivity contribution is 0.111. The molecule has 0 fully saturated rings. The summed E-state index contributed by atoms with van der Waals surface area (Å²) in [5.74, 6) is -0.557. The van der Waals surface area contributed by atoms with Gasteiger partial charge in [-0.1, -0.05) is 11.6 Å². The molecule has 0 aromatic heterocycles. The van der Waals surface area contributed by atoms with Crippen molar-refractivity contribution in [3.63, 3.8) is 0 Å². The molecule has 12 heavy (non-hydrogen) atoms. The first kappa shape index (κ1) is 9.68. The van der Waals surface area contributed by atoms with Crippen LogP contribution in [-0.2, 0) is 0 Å². The summed E-state index contributed by atoms with van der Waals surface area (Å²) in [4.78, 5) is 10.3. The first-order chi connectivity index (χ1) is 5.57. The summed E-state index contributed by atoms with van der Waals surface area (Å²) in [6, 6.07) is 1.36. The highest BCUT2D eigenvalue weighted by Gasteiger charge is 2.11. The van der Waals surface area contributed by atoms with Crippen molar-refractivity contribution in [2.45, 2.75) is 6.92 Å². The summed E-state index contributed by atoms with van der Waals surface area (Å²) < 4.78 is 13.6. The summed E-state index contributed by atoms with van der Waals surface area (Å²) in [5, 5.41) is 0.304. The highest BCUT2D eigenvalue weighted by Crippen LogP contribution is 2.29. The molecule has 0 saturated carbocycles. The SMILES string of the molecule is Cc1c(F)c(C=O)cc(Br)c1Cl. The lowest BCUT2D eigenvalue weighted by Gasteiger charge is -2.03. The Hall–Kier alpha value is -0.410. The first-order valence-corrected chi connectivity index (χ1v) is 4.34. The predicted octanol–water partition coefficient (Wildman–Crippen LogP) is 3.36. The Labute approximate surface area is 82.7 Å². The van der Waals surface area contributed by atoms with E-state index in [4.69, 9.17) is 11.6 Å². The molecule has 0 unspecified atom stereocenters. The zero-order valence-corrected chi connectivity index (χ0v) is 8.54. The van der Waals surface area contributed by atoms with Gasteiger partial charge in [0.25, 0.3) is 0 Å². The summed E-state index contributed by atoms with van der Waals surface area (Å²) in [6.45, 7) is 1.52. The van der Waals surface area contributed by atoms with Gasteiger partial charge in [0, 0.05) is 10.0 Å². The normalized spacial score (nSPS) is 10.0. The monoisotopic (exact) mass is 250 g/mol. The molecule has 0 atom stereocenters. The second-order valence-electron chi connectivity index (χ2n) is 2.32. The van der Waals surface area contributed by atoms with E-state index in [-0.39, 0.29) is 11.1 Å². The molecule has 64 valence electrons. The molecule has 0 amide bonds. The highest BCUT2D eigenvalue weighted by molar-refractivity contribution is 9.10. The third-order valence-electron chi connectivity index (χ3n) is 1.53. The maximum atomic E-state index is 13.1. The van der Waals surface area contributed by atoms with Gasteiger partial charge in [-0.05, 0) is 28.9 Å². The van der Waals surface area contributed by atoms with Crippen molar-refractivity contribution in [2.75, 3.05) is 0 Å². The lowest BCUT2D eigenvalue weighted by atomic mass is 10.1. The Balaban J connectivity index is 3.49. The van der Waals surface area contributed by atoms with Crippen LogP contribution < -0.4 is 0 Å². The minimum Gasteiger partial charge on any atom is -0.298 e. The molecular weight excluding hydrogens is 246 g/mol. The van der Waals surface area contributed by atoms with Crippen LogP contribution in [0.25, 0.3) is 0 Å². The Morgan fingerprint density at radius 1 is 1.67 bits per heavy atom. The van der Waals surface area contributed by atoms with Crippen molar-refractivity contribution in [2.24, 2.45) is 0 Å². The van der Waals surface area contributed by atoms with Gasteiger partial charge in [0.2, 0.25) is 0 Å². The second kappa shape index (κ2) is 3.54. The summed E-state index contributed by atoms with van der Waals surface area (Å²) in [5.41, 5.74) is 0.303. The topological polar surface area (TPSA) is 17.1 Å². The molecule has 1 aromatic carbocycles. The zero-order chi connectivity index (χ0) is 9.30. The molecule has 0 heterocycles. The fraction of sp³-hybridized carbons (Fsp3) is 0.125. The number of carbonyl (C=O) groups is 1. The molecule has 0 saturated heterocycles. The Bertz CT molecular complexity index is 338. The lowest BCUT2D eigenvalue weighted by Crippen LogP contribution is -1.93. The number of benzene rings is 1. The number of rotatable bonds is 1. The summed E-state index contributed by atoms with van der Waals surface area (Å²) in [7, 11) is 0. The summed E-state index contributed by atoms with van der Waals surface area (Å²) in [6.07, 6.45) is 0.462. The Morgan fingerprint density at radius 3 is 2.75 bits per heavy atom. The van der Waals surface area contributed by atoms with Gasteiger partial charge in [0.1, 0.15) is 5.82 Å². The van der Waals surface area contributed by atoms with E-state index in [9.17, 15) is 9.18 Å². The number of hydrogen-bond donors (Lipinski definition) is 0. The van der Waals surface area contributed by atoms with Crippen molar-refractivity contribution in [1.82, 2.24) is 0 Å². The fourth-order valence-corrected chi connectivity index (χ4v) is 1.52. The van der Waals surface area contributed by atoms with E-state index in [1.165, 1.54) is 13.0 Å². The summed E-state index contributed by atoms with van der Waals surface area (Å²) >= 11 is 8.82. The highest BCUT2D eigenvalue weighted by atomic mass is 79.9. The Kier molecular flexibility index (Phi) is 2.85. The average Bonchev–Trinajstić information content (AvgIpc) is 2.08. The van der Waals surface area contributed by atoms with Crippen molar-refractivity contribution < 1.29 is 9.18 Å². The van der Waals surface area contributed by atoms with E-state index in [0.29, 0.717) is 15.8 Å². The molecule has 4 heteroatoms. The van der Waals surface area contributed by atoms with E-state index in [2.05, 4.69) is 15.9 Å². The third-order valence-corrected chi connectivity index (χ3v) is 2.87. The van der Waals surface area contributed by atoms with Crippen LogP contribution in [0.4, 0.5) is 4.39 Å². The number of halogens is 3. The number of aldehydes is 1. The van der Waals surface area contributed by atoms with Crippen LogP contribution in [0.2, 0.25) is 5.02 Å². The van der Waals surface area contributed by atoms with Gasteiger partial charge in [-0.3, -0.25) is 4.79 Å². The first-order valence-electron chi connectivity index (χ1n) is 3.17. The zero-order valence-electron chi connectivity index (χ0n) is 6.20. The van der Waals surface area contributed by atoms with E-state index in [1.54, 1.807) is 0 Å².